The van der Waals surface area contributed by atoms with E-state index in [2.05, 4.69) is 29.2 Å². The van der Waals surface area contributed by atoms with Gasteiger partial charge in [-0.1, -0.05) is 6.42 Å². The summed E-state index contributed by atoms with van der Waals surface area (Å²) in [4.78, 5) is 16.5. The highest BCUT2D eigenvalue weighted by atomic mass is 16.3. The lowest BCUT2D eigenvalue weighted by molar-refractivity contribution is -0.124. The predicted octanol–water partition coefficient (Wildman–Crippen LogP) is 0.434. The number of carbonyl (C=O) groups is 1. The molecule has 0 saturated carbocycles. The van der Waals surface area contributed by atoms with Crippen LogP contribution in [0.4, 0.5) is 0 Å². The molecule has 1 amide bonds. The van der Waals surface area contributed by atoms with Gasteiger partial charge in [0, 0.05) is 32.1 Å². The second kappa shape index (κ2) is 6.87. The summed E-state index contributed by atoms with van der Waals surface area (Å²) in [5.74, 6) is 0.0797. The fourth-order valence-electron chi connectivity index (χ4n) is 3.16. The lowest BCUT2D eigenvalue weighted by atomic mass is 9.91. The van der Waals surface area contributed by atoms with Crippen LogP contribution in [0.5, 0.6) is 0 Å². The van der Waals surface area contributed by atoms with Crippen LogP contribution in [-0.2, 0) is 4.79 Å². The molecule has 0 aromatic rings. The molecule has 0 bridgehead atoms. The SMILES string of the molecule is CN1CCC(O)(CNC(=O)C[C@H]2CCCCN2C)CC1. The van der Waals surface area contributed by atoms with Crippen molar-refractivity contribution in [1.82, 2.24) is 15.1 Å². The van der Waals surface area contributed by atoms with Gasteiger partial charge in [-0.05, 0) is 46.3 Å². The summed E-state index contributed by atoms with van der Waals surface area (Å²) in [6.07, 6.45) is 5.62. The van der Waals surface area contributed by atoms with E-state index in [0.717, 1.165) is 38.9 Å². The first kappa shape index (κ1) is 15.7. The highest BCUT2D eigenvalue weighted by molar-refractivity contribution is 5.76. The van der Waals surface area contributed by atoms with Crippen LogP contribution in [0.1, 0.15) is 38.5 Å². The van der Waals surface area contributed by atoms with Gasteiger partial charge < -0.3 is 20.2 Å². The lowest BCUT2D eigenvalue weighted by Gasteiger charge is -2.37. The fraction of sp³-hybridized carbons (Fsp3) is 0.933. The average molecular weight is 283 g/mol. The van der Waals surface area contributed by atoms with Crippen LogP contribution in [0.25, 0.3) is 0 Å². The maximum atomic E-state index is 12.0. The van der Waals surface area contributed by atoms with Gasteiger partial charge in [0.2, 0.25) is 5.91 Å². The Labute approximate surface area is 122 Å². The van der Waals surface area contributed by atoms with Crippen molar-refractivity contribution in [2.75, 3.05) is 40.3 Å². The van der Waals surface area contributed by atoms with E-state index in [9.17, 15) is 9.90 Å². The van der Waals surface area contributed by atoms with Crippen molar-refractivity contribution >= 4 is 5.91 Å². The quantitative estimate of drug-likeness (QED) is 0.786. The molecular weight excluding hydrogens is 254 g/mol. The van der Waals surface area contributed by atoms with Crippen LogP contribution in [0.3, 0.4) is 0 Å². The highest BCUT2D eigenvalue weighted by Gasteiger charge is 2.31. The minimum Gasteiger partial charge on any atom is -0.388 e. The van der Waals surface area contributed by atoms with Gasteiger partial charge in [-0.3, -0.25) is 4.79 Å². The van der Waals surface area contributed by atoms with Crippen molar-refractivity contribution in [3.05, 3.63) is 0 Å². The van der Waals surface area contributed by atoms with Crippen molar-refractivity contribution < 1.29 is 9.90 Å². The largest absolute Gasteiger partial charge is 0.388 e. The van der Waals surface area contributed by atoms with Gasteiger partial charge in [0.15, 0.2) is 0 Å². The zero-order valence-corrected chi connectivity index (χ0v) is 12.9. The van der Waals surface area contributed by atoms with Crippen molar-refractivity contribution in [3.63, 3.8) is 0 Å². The second-order valence-corrected chi connectivity index (χ2v) is 6.64. The van der Waals surface area contributed by atoms with E-state index >= 15 is 0 Å². The molecule has 0 aromatic heterocycles. The molecule has 0 aromatic carbocycles. The summed E-state index contributed by atoms with van der Waals surface area (Å²) in [7, 11) is 4.17. The summed E-state index contributed by atoms with van der Waals surface area (Å²) in [5.41, 5.74) is -0.708. The summed E-state index contributed by atoms with van der Waals surface area (Å²) in [6, 6.07) is 0.371. The standard InChI is InChI=1S/C15H29N3O2/c1-17-9-6-15(20,7-10-17)12-16-14(19)11-13-5-3-4-8-18(13)2/h13,20H,3-12H2,1-2H3,(H,16,19)/t13-/m1/s1. The normalized spacial score (nSPS) is 28.2. The molecular formula is C15H29N3O2. The molecule has 5 nitrogen and oxygen atoms in total. The smallest absolute Gasteiger partial charge is 0.221 e. The number of piperidine rings is 2. The van der Waals surface area contributed by atoms with E-state index in [0.29, 0.717) is 19.0 Å². The van der Waals surface area contributed by atoms with E-state index in [1.54, 1.807) is 0 Å². The summed E-state index contributed by atoms with van der Waals surface area (Å²) >= 11 is 0. The van der Waals surface area contributed by atoms with Crippen LogP contribution >= 0.6 is 0 Å². The molecule has 0 unspecified atom stereocenters. The molecule has 0 radical (unpaired) electrons. The summed E-state index contributed by atoms with van der Waals surface area (Å²) in [6.45, 7) is 3.29. The Kier molecular flexibility index (Phi) is 5.41. The first-order chi connectivity index (χ1) is 9.48. The zero-order valence-electron chi connectivity index (χ0n) is 12.9. The molecule has 116 valence electrons. The number of hydrogen-bond donors (Lipinski definition) is 2. The Bertz CT molecular complexity index is 327. The molecule has 20 heavy (non-hydrogen) atoms. The molecule has 5 heteroatoms. The maximum Gasteiger partial charge on any atom is 0.221 e. The zero-order chi connectivity index (χ0) is 14.6. The molecule has 2 fully saturated rings. The predicted molar refractivity (Wildman–Crippen MR) is 79.6 cm³/mol. The lowest BCUT2D eigenvalue weighted by Crippen LogP contribution is -2.50. The van der Waals surface area contributed by atoms with Gasteiger partial charge in [-0.2, -0.15) is 0 Å². The van der Waals surface area contributed by atoms with E-state index in [4.69, 9.17) is 0 Å². The minimum atomic E-state index is -0.708. The number of amides is 1. The van der Waals surface area contributed by atoms with E-state index in [1.165, 1.54) is 12.8 Å². The molecule has 2 saturated heterocycles. The number of hydrogen-bond acceptors (Lipinski definition) is 4. The van der Waals surface area contributed by atoms with Crippen LogP contribution in [0.15, 0.2) is 0 Å². The Morgan fingerprint density at radius 3 is 2.60 bits per heavy atom. The van der Waals surface area contributed by atoms with Crippen LogP contribution in [0.2, 0.25) is 0 Å². The molecule has 2 aliphatic rings. The Morgan fingerprint density at radius 1 is 1.25 bits per heavy atom. The highest BCUT2D eigenvalue weighted by Crippen LogP contribution is 2.21. The Morgan fingerprint density at radius 2 is 1.95 bits per heavy atom. The van der Waals surface area contributed by atoms with Gasteiger partial charge in [0.25, 0.3) is 0 Å². The molecule has 2 rings (SSSR count). The first-order valence-electron chi connectivity index (χ1n) is 7.86. The third-order valence-corrected chi connectivity index (χ3v) is 4.87. The minimum absolute atomic E-state index is 0.0797. The van der Waals surface area contributed by atoms with Crippen LogP contribution < -0.4 is 5.32 Å². The number of rotatable bonds is 4. The maximum absolute atomic E-state index is 12.0. The molecule has 0 spiro atoms. The van der Waals surface area contributed by atoms with Gasteiger partial charge >= 0.3 is 0 Å². The van der Waals surface area contributed by atoms with Gasteiger partial charge in [0.1, 0.15) is 0 Å². The van der Waals surface area contributed by atoms with Crippen molar-refractivity contribution in [2.45, 2.75) is 50.2 Å². The topological polar surface area (TPSA) is 55.8 Å². The second-order valence-electron chi connectivity index (χ2n) is 6.64. The van der Waals surface area contributed by atoms with Gasteiger partial charge in [-0.25, -0.2) is 0 Å². The van der Waals surface area contributed by atoms with Crippen molar-refractivity contribution in [2.24, 2.45) is 0 Å². The van der Waals surface area contributed by atoms with Crippen molar-refractivity contribution in [3.8, 4) is 0 Å². The Hall–Kier alpha value is -0.650. The molecule has 0 aliphatic carbocycles. The number of aliphatic hydroxyl groups is 1. The molecule has 1 atom stereocenters. The van der Waals surface area contributed by atoms with Crippen molar-refractivity contribution in [1.29, 1.82) is 0 Å². The number of nitrogens with one attached hydrogen (secondary N) is 1. The molecule has 2 aliphatic heterocycles. The fourth-order valence-corrected chi connectivity index (χ4v) is 3.16. The summed E-state index contributed by atoms with van der Waals surface area (Å²) < 4.78 is 0. The van der Waals surface area contributed by atoms with E-state index in [1.807, 2.05) is 0 Å². The Balaban J connectivity index is 1.71. The first-order valence-corrected chi connectivity index (χ1v) is 7.86. The third kappa shape index (κ3) is 4.43. The average Bonchev–Trinajstić information content (AvgIpc) is 2.43. The number of carbonyl (C=O) groups excluding carboxylic acids is 1. The van der Waals surface area contributed by atoms with Crippen LogP contribution in [-0.4, -0.2) is 72.7 Å². The third-order valence-electron chi connectivity index (χ3n) is 4.87. The van der Waals surface area contributed by atoms with Gasteiger partial charge in [-0.15, -0.1) is 0 Å². The molecule has 2 N–H and O–H groups in total. The molecule has 2 heterocycles. The van der Waals surface area contributed by atoms with E-state index < -0.39 is 5.60 Å². The van der Waals surface area contributed by atoms with E-state index in [-0.39, 0.29) is 5.91 Å². The number of likely N-dealkylation sites (tertiary alicyclic amines) is 2. The van der Waals surface area contributed by atoms with Gasteiger partial charge in [0.05, 0.1) is 5.60 Å². The summed E-state index contributed by atoms with van der Waals surface area (Å²) in [5, 5.41) is 13.4. The van der Waals surface area contributed by atoms with Crippen LogP contribution in [0, 0.1) is 0 Å². The monoisotopic (exact) mass is 283 g/mol. The number of nitrogens with zero attached hydrogens (tertiary/aromatic N) is 2.